The molecule has 3 atom stereocenters. The molecule has 140 valence electrons. The predicted octanol–water partition coefficient (Wildman–Crippen LogP) is 1.92. The zero-order valence-electron chi connectivity index (χ0n) is 13.5. The van der Waals surface area contributed by atoms with Gasteiger partial charge in [0.15, 0.2) is 5.82 Å². The van der Waals surface area contributed by atoms with Crippen LogP contribution in [0.4, 0.5) is 13.2 Å². The third-order valence-corrected chi connectivity index (χ3v) is 4.33. The van der Waals surface area contributed by atoms with Crippen molar-refractivity contribution in [2.24, 2.45) is 5.73 Å². The topological polar surface area (TPSA) is 106 Å². The first kappa shape index (κ1) is 19.7. The molecular formula is C14H20ClF3N6O. The van der Waals surface area contributed by atoms with Gasteiger partial charge < -0.3 is 10.8 Å². The molecule has 0 spiro atoms. The summed E-state index contributed by atoms with van der Waals surface area (Å²) in [5.41, 5.74) is 7.01. The molecule has 3 rings (SSSR count). The number of aryl methyl sites for hydroxylation is 1. The largest absolute Gasteiger partial charge is 0.408 e. The van der Waals surface area contributed by atoms with E-state index in [1.54, 1.807) is 6.92 Å². The fourth-order valence-corrected chi connectivity index (χ4v) is 3.04. The van der Waals surface area contributed by atoms with Gasteiger partial charge in [0, 0.05) is 17.7 Å². The highest BCUT2D eigenvalue weighted by Gasteiger charge is 2.35. The van der Waals surface area contributed by atoms with E-state index in [0.29, 0.717) is 24.1 Å². The Kier molecular flexibility index (Phi) is 5.75. The molecule has 11 heteroatoms. The maximum atomic E-state index is 12.9. The Hall–Kier alpha value is -1.65. The zero-order chi connectivity index (χ0) is 17.5. The minimum atomic E-state index is -4.41. The molecule has 1 aliphatic rings. The monoisotopic (exact) mass is 380 g/mol. The molecule has 7 nitrogen and oxygen atoms in total. The Morgan fingerprint density at radius 3 is 2.68 bits per heavy atom. The van der Waals surface area contributed by atoms with Crippen molar-refractivity contribution in [3.8, 4) is 11.4 Å². The lowest BCUT2D eigenvalue weighted by Gasteiger charge is -2.30. The van der Waals surface area contributed by atoms with Crippen molar-refractivity contribution in [2.75, 3.05) is 0 Å². The van der Waals surface area contributed by atoms with Crippen molar-refractivity contribution in [3.63, 3.8) is 0 Å². The Labute approximate surface area is 148 Å². The lowest BCUT2D eigenvalue weighted by molar-refractivity contribution is -0.143. The number of aliphatic hydroxyl groups is 1. The minimum absolute atomic E-state index is 0. The van der Waals surface area contributed by atoms with Crippen molar-refractivity contribution in [2.45, 2.75) is 57.0 Å². The van der Waals surface area contributed by atoms with Crippen molar-refractivity contribution >= 4 is 12.4 Å². The molecule has 0 bridgehead atoms. The van der Waals surface area contributed by atoms with Crippen LogP contribution in [-0.2, 0) is 6.54 Å². The van der Waals surface area contributed by atoms with Gasteiger partial charge in [-0.15, -0.1) is 12.4 Å². The van der Waals surface area contributed by atoms with Crippen LogP contribution in [0, 0.1) is 6.92 Å². The van der Waals surface area contributed by atoms with Crippen LogP contribution in [0.2, 0.25) is 0 Å². The van der Waals surface area contributed by atoms with Gasteiger partial charge in [-0.25, -0.2) is 9.67 Å². The number of rotatable bonds is 3. The highest BCUT2D eigenvalue weighted by atomic mass is 35.5. The molecule has 0 aliphatic heterocycles. The van der Waals surface area contributed by atoms with Gasteiger partial charge in [0.25, 0.3) is 0 Å². The zero-order valence-corrected chi connectivity index (χ0v) is 14.3. The number of aromatic amines is 1. The normalized spacial score (nSPS) is 24.2. The SMILES string of the molecule is Cc1[nH]ncc1-c1nc([C@H]2CC[C@@H](N)[C@H](O)C2)n(CC(F)(F)F)n1.Cl. The van der Waals surface area contributed by atoms with E-state index in [1.165, 1.54) is 6.20 Å². The van der Waals surface area contributed by atoms with Crippen LogP contribution >= 0.6 is 12.4 Å². The highest BCUT2D eigenvalue weighted by Crippen LogP contribution is 2.34. The van der Waals surface area contributed by atoms with Gasteiger partial charge in [-0.3, -0.25) is 5.10 Å². The van der Waals surface area contributed by atoms with Crippen molar-refractivity contribution in [1.29, 1.82) is 0 Å². The van der Waals surface area contributed by atoms with Crippen molar-refractivity contribution in [3.05, 3.63) is 17.7 Å². The summed E-state index contributed by atoms with van der Waals surface area (Å²) in [7, 11) is 0. The molecule has 1 aliphatic carbocycles. The van der Waals surface area contributed by atoms with E-state index in [0.717, 1.165) is 4.68 Å². The average molecular weight is 381 g/mol. The van der Waals surface area contributed by atoms with Crippen LogP contribution in [0.25, 0.3) is 11.4 Å². The van der Waals surface area contributed by atoms with Crippen LogP contribution in [-0.4, -0.2) is 48.4 Å². The van der Waals surface area contributed by atoms with E-state index in [9.17, 15) is 18.3 Å². The summed E-state index contributed by atoms with van der Waals surface area (Å²) >= 11 is 0. The Morgan fingerprint density at radius 1 is 1.40 bits per heavy atom. The second-order valence-corrected chi connectivity index (χ2v) is 6.22. The first-order valence-electron chi connectivity index (χ1n) is 7.70. The number of H-pyrrole nitrogens is 1. The number of aromatic nitrogens is 5. The van der Waals surface area contributed by atoms with Gasteiger partial charge in [-0.2, -0.15) is 23.4 Å². The van der Waals surface area contributed by atoms with Gasteiger partial charge in [0.1, 0.15) is 12.4 Å². The van der Waals surface area contributed by atoms with E-state index in [-0.39, 0.29) is 42.4 Å². The van der Waals surface area contributed by atoms with Gasteiger partial charge in [0.2, 0.25) is 0 Å². The van der Waals surface area contributed by atoms with E-state index in [1.807, 2.05) is 0 Å². The van der Waals surface area contributed by atoms with Gasteiger partial charge in [0.05, 0.1) is 17.9 Å². The maximum absolute atomic E-state index is 12.9. The molecule has 0 aromatic carbocycles. The average Bonchev–Trinajstić information content (AvgIpc) is 3.06. The van der Waals surface area contributed by atoms with Crippen molar-refractivity contribution < 1.29 is 18.3 Å². The fourth-order valence-electron chi connectivity index (χ4n) is 3.04. The molecule has 2 aromatic rings. The summed E-state index contributed by atoms with van der Waals surface area (Å²) in [5.74, 6) is 0.120. The molecule has 1 fully saturated rings. The Morgan fingerprint density at radius 2 is 2.12 bits per heavy atom. The number of halogens is 4. The number of hydrogen-bond acceptors (Lipinski definition) is 5. The number of nitrogens with one attached hydrogen (secondary N) is 1. The van der Waals surface area contributed by atoms with Crippen LogP contribution in [0.1, 0.15) is 36.7 Å². The predicted molar refractivity (Wildman–Crippen MR) is 86.2 cm³/mol. The second kappa shape index (κ2) is 7.30. The van der Waals surface area contributed by atoms with E-state index < -0.39 is 18.8 Å². The van der Waals surface area contributed by atoms with Gasteiger partial charge in [-0.1, -0.05) is 0 Å². The first-order valence-corrected chi connectivity index (χ1v) is 7.70. The van der Waals surface area contributed by atoms with Crippen LogP contribution < -0.4 is 5.73 Å². The molecule has 0 radical (unpaired) electrons. The molecule has 1 saturated carbocycles. The molecule has 0 amide bonds. The van der Waals surface area contributed by atoms with Gasteiger partial charge >= 0.3 is 6.18 Å². The second-order valence-electron chi connectivity index (χ2n) is 6.22. The lowest BCUT2D eigenvalue weighted by atomic mass is 9.84. The molecule has 4 N–H and O–H groups in total. The lowest BCUT2D eigenvalue weighted by Crippen LogP contribution is -2.40. The minimum Gasteiger partial charge on any atom is -0.391 e. The Bertz CT molecular complexity index is 716. The maximum Gasteiger partial charge on any atom is 0.408 e. The molecule has 2 aromatic heterocycles. The quantitative estimate of drug-likeness (QED) is 0.754. The Balaban J connectivity index is 0.00000225. The third kappa shape index (κ3) is 4.31. The standard InChI is InChI=1S/C14H19F3N6O.ClH/c1-7-9(5-19-21-7)12-20-13(23(22-12)6-14(15,16)17)8-2-3-10(18)11(24)4-8;/h5,8,10-11,24H,2-4,6,18H2,1H3,(H,19,21);1H/t8-,10+,11+;/m0./s1. The third-order valence-electron chi connectivity index (χ3n) is 4.33. The summed E-state index contributed by atoms with van der Waals surface area (Å²) in [4.78, 5) is 4.32. The number of alkyl halides is 3. The number of aliphatic hydroxyl groups excluding tert-OH is 1. The molecule has 0 unspecified atom stereocenters. The van der Waals surface area contributed by atoms with E-state index in [2.05, 4.69) is 20.3 Å². The van der Waals surface area contributed by atoms with E-state index >= 15 is 0 Å². The summed E-state index contributed by atoms with van der Waals surface area (Å²) in [6.45, 7) is 0.528. The summed E-state index contributed by atoms with van der Waals surface area (Å²) in [5, 5.41) is 20.6. The fraction of sp³-hybridized carbons (Fsp3) is 0.643. The number of nitrogens with zero attached hydrogens (tertiary/aromatic N) is 4. The highest BCUT2D eigenvalue weighted by molar-refractivity contribution is 5.85. The summed E-state index contributed by atoms with van der Waals surface area (Å²) < 4.78 is 39.5. The van der Waals surface area contributed by atoms with Crippen LogP contribution in [0.3, 0.4) is 0 Å². The van der Waals surface area contributed by atoms with E-state index in [4.69, 9.17) is 5.73 Å². The molecular weight excluding hydrogens is 361 g/mol. The number of hydrogen-bond donors (Lipinski definition) is 3. The van der Waals surface area contributed by atoms with Crippen molar-refractivity contribution in [1.82, 2.24) is 25.0 Å². The molecule has 25 heavy (non-hydrogen) atoms. The smallest absolute Gasteiger partial charge is 0.391 e. The van der Waals surface area contributed by atoms with Gasteiger partial charge in [-0.05, 0) is 26.2 Å². The van der Waals surface area contributed by atoms with Crippen LogP contribution in [0.5, 0.6) is 0 Å². The molecule has 2 heterocycles. The summed E-state index contributed by atoms with van der Waals surface area (Å²) in [6, 6.07) is -0.351. The number of nitrogens with two attached hydrogens (primary N) is 1. The molecule has 0 saturated heterocycles. The first-order chi connectivity index (χ1) is 11.2. The van der Waals surface area contributed by atoms with Crippen LogP contribution in [0.15, 0.2) is 6.20 Å². The summed E-state index contributed by atoms with van der Waals surface area (Å²) in [6.07, 6.45) is -2.29.